The maximum atomic E-state index is 5.95. The molecule has 1 aromatic rings. The van der Waals surface area contributed by atoms with Crippen molar-refractivity contribution < 1.29 is 9.31 Å². The highest BCUT2D eigenvalue weighted by Crippen LogP contribution is 2.36. The zero-order valence-electron chi connectivity index (χ0n) is 11.4. The van der Waals surface area contributed by atoms with E-state index in [2.05, 4.69) is 10.9 Å². The van der Waals surface area contributed by atoms with E-state index in [1.165, 1.54) is 0 Å². The van der Waals surface area contributed by atoms with Gasteiger partial charge in [0.25, 0.3) is 0 Å². The highest BCUT2D eigenvalue weighted by Gasteiger charge is 2.52. The molecule has 2 rings (SSSR count). The second-order valence-electron chi connectivity index (χ2n) is 5.52. The van der Waals surface area contributed by atoms with Crippen molar-refractivity contribution in [2.75, 3.05) is 0 Å². The van der Waals surface area contributed by atoms with Gasteiger partial charge in [-0.05, 0) is 39.8 Å². The zero-order valence-corrected chi connectivity index (χ0v) is 11.4. The Morgan fingerprint density at radius 3 is 2.39 bits per heavy atom. The molecule has 4 heteroatoms. The molecule has 0 N–H and O–H groups in total. The standard InChI is InChI=1S/C14H18BNO2/c1-6-8-11-9-7-10-12(16-11)15-17-13(2,3)14(4,5)18-15/h1,7,9-10H,8H2,2-5H3. The van der Waals surface area contributed by atoms with E-state index in [1.807, 2.05) is 45.9 Å². The molecule has 1 aliphatic rings. The molecule has 2 heterocycles. The van der Waals surface area contributed by atoms with Crippen LogP contribution in [0, 0.1) is 12.3 Å². The minimum Gasteiger partial charge on any atom is -0.398 e. The predicted octanol–water partition coefficient (Wildman–Crippen LogP) is 1.56. The normalized spacial score (nSPS) is 20.7. The first-order valence-corrected chi connectivity index (χ1v) is 6.11. The molecule has 3 nitrogen and oxygen atoms in total. The van der Waals surface area contributed by atoms with Crippen molar-refractivity contribution in [1.82, 2.24) is 4.98 Å². The SMILES string of the molecule is C#CCc1cccc(B2OC(C)(C)C(C)(C)O2)n1. The van der Waals surface area contributed by atoms with Crippen molar-refractivity contribution >= 4 is 12.7 Å². The lowest BCUT2D eigenvalue weighted by molar-refractivity contribution is 0.00578. The Balaban J connectivity index is 2.24. The highest BCUT2D eigenvalue weighted by molar-refractivity contribution is 6.61. The third-order valence-corrected chi connectivity index (χ3v) is 3.61. The summed E-state index contributed by atoms with van der Waals surface area (Å²) in [5, 5.41) is 0. The number of terminal acetylenes is 1. The first-order valence-electron chi connectivity index (χ1n) is 6.11. The summed E-state index contributed by atoms with van der Waals surface area (Å²) in [6.07, 6.45) is 5.82. The molecule has 0 amide bonds. The number of aromatic nitrogens is 1. The Morgan fingerprint density at radius 1 is 1.22 bits per heavy atom. The van der Waals surface area contributed by atoms with Crippen LogP contribution in [0.25, 0.3) is 0 Å². The van der Waals surface area contributed by atoms with Gasteiger partial charge in [-0.3, -0.25) is 4.98 Å². The summed E-state index contributed by atoms with van der Waals surface area (Å²) in [5.74, 6) is 2.59. The lowest BCUT2D eigenvalue weighted by atomic mass is 9.84. The molecule has 0 spiro atoms. The van der Waals surface area contributed by atoms with Crippen LogP contribution in [0.1, 0.15) is 33.4 Å². The third-order valence-electron chi connectivity index (χ3n) is 3.61. The molecule has 0 bridgehead atoms. The monoisotopic (exact) mass is 243 g/mol. The summed E-state index contributed by atoms with van der Waals surface area (Å²) >= 11 is 0. The van der Waals surface area contributed by atoms with Gasteiger partial charge in [0, 0.05) is 0 Å². The molecule has 18 heavy (non-hydrogen) atoms. The summed E-state index contributed by atoms with van der Waals surface area (Å²) in [4.78, 5) is 4.48. The number of hydrogen-bond donors (Lipinski definition) is 0. The van der Waals surface area contributed by atoms with Crippen molar-refractivity contribution in [1.29, 1.82) is 0 Å². The molecule has 0 unspecified atom stereocenters. The molecular weight excluding hydrogens is 225 g/mol. The number of nitrogens with zero attached hydrogens (tertiary/aromatic N) is 1. The van der Waals surface area contributed by atoms with Gasteiger partial charge in [-0.2, -0.15) is 0 Å². The van der Waals surface area contributed by atoms with Crippen LogP contribution in [0.2, 0.25) is 0 Å². The van der Waals surface area contributed by atoms with E-state index < -0.39 is 7.12 Å². The highest BCUT2D eigenvalue weighted by atomic mass is 16.7. The summed E-state index contributed by atoms with van der Waals surface area (Å²) in [6.45, 7) is 8.10. The molecule has 0 radical (unpaired) electrons. The molecule has 0 aromatic carbocycles. The van der Waals surface area contributed by atoms with Gasteiger partial charge in [0.15, 0.2) is 0 Å². The van der Waals surface area contributed by atoms with Crippen molar-refractivity contribution in [3.05, 3.63) is 23.9 Å². The minimum atomic E-state index is -0.423. The molecule has 1 fully saturated rings. The van der Waals surface area contributed by atoms with Crippen molar-refractivity contribution in [3.8, 4) is 12.3 Å². The average Bonchev–Trinajstić information content (AvgIpc) is 2.49. The van der Waals surface area contributed by atoms with E-state index in [4.69, 9.17) is 15.7 Å². The second kappa shape index (κ2) is 4.42. The largest absolute Gasteiger partial charge is 0.514 e. The van der Waals surface area contributed by atoms with Gasteiger partial charge in [0.1, 0.15) is 0 Å². The van der Waals surface area contributed by atoms with E-state index in [-0.39, 0.29) is 11.2 Å². The average molecular weight is 243 g/mol. The number of hydrogen-bond acceptors (Lipinski definition) is 3. The van der Waals surface area contributed by atoms with E-state index in [0.29, 0.717) is 6.42 Å². The molecule has 1 aliphatic heterocycles. The Kier molecular flexibility index (Phi) is 3.22. The minimum absolute atomic E-state index is 0.346. The second-order valence-corrected chi connectivity index (χ2v) is 5.52. The molecule has 0 saturated carbocycles. The van der Waals surface area contributed by atoms with Crippen LogP contribution in [-0.2, 0) is 15.7 Å². The molecule has 1 saturated heterocycles. The lowest BCUT2D eigenvalue weighted by Crippen LogP contribution is -2.41. The predicted molar refractivity (Wildman–Crippen MR) is 72.5 cm³/mol. The van der Waals surface area contributed by atoms with Gasteiger partial charge < -0.3 is 9.31 Å². The van der Waals surface area contributed by atoms with Crippen LogP contribution in [0.5, 0.6) is 0 Å². The van der Waals surface area contributed by atoms with E-state index >= 15 is 0 Å². The molecular formula is C14H18BNO2. The Labute approximate surface area is 109 Å². The maximum Gasteiger partial charge on any atom is 0.514 e. The Hall–Kier alpha value is -1.31. The quantitative estimate of drug-likeness (QED) is 0.583. The third kappa shape index (κ3) is 2.29. The fraction of sp³-hybridized carbons (Fsp3) is 0.500. The molecule has 94 valence electrons. The number of rotatable bonds is 2. The summed E-state index contributed by atoms with van der Waals surface area (Å²) in [5.41, 5.74) is 0.953. The topological polar surface area (TPSA) is 31.4 Å². The van der Waals surface area contributed by atoms with Crippen LogP contribution >= 0.6 is 0 Å². The first kappa shape index (κ1) is 13.1. The Bertz CT molecular complexity index is 475. The Morgan fingerprint density at radius 2 is 1.83 bits per heavy atom. The van der Waals surface area contributed by atoms with Gasteiger partial charge in [-0.25, -0.2) is 0 Å². The van der Waals surface area contributed by atoms with Crippen molar-refractivity contribution in [2.45, 2.75) is 45.3 Å². The fourth-order valence-corrected chi connectivity index (χ4v) is 1.80. The lowest BCUT2D eigenvalue weighted by Gasteiger charge is -2.32. The van der Waals surface area contributed by atoms with Crippen LogP contribution in [0.3, 0.4) is 0 Å². The summed E-state index contributed by atoms with van der Waals surface area (Å²) in [6, 6.07) is 5.75. The summed E-state index contributed by atoms with van der Waals surface area (Å²) in [7, 11) is -0.423. The molecule has 1 aromatic heterocycles. The maximum absolute atomic E-state index is 5.95. The van der Waals surface area contributed by atoms with Crippen LogP contribution < -0.4 is 5.59 Å². The van der Waals surface area contributed by atoms with Gasteiger partial charge in [-0.1, -0.05) is 6.07 Å². The van der Waals surface area contributed by atoms with Crippen molar-refractivity contribution in [3.63, 3.8) is 0 Å². The first-order chi connectivity index (χ1) is 8.36. The van der Waals surface area contributed by atoms with Crippen molar-refractivity contribution in [2.24, 2.45) is 0 Å². The van der Waals surface area contributed by atoms with Gasteiger partial charge in [0.2, 0.25) is 0 Å². The van der Waals surface area contributed by atoms with E-state index in [9.17, 15) is 0 Å². The van der Waals surface area contributed by atoms with Gasteiger partial charge >= 0.3 is 7.12 Å². The smallest absolute Gasteiger partial charge is 0.398 e. The van der Waals surface area contributed by atoms with Crippen LogP contribution in [0.4, 0.5) is 0 Å². The van der Waals surface area contributed by atoms with E-state index in [0.717, 1.165) is 11.3 Å². The molecule has 0 atom stereocenters. The molecule has 0 aliphatic carbocycles. The zero-order chi connectivity index (χ0) is 13.4. The van der Waals surface area contributed by atoms with Gasteiger partial charge in [-0.15, -0.1) is 12.3 Å². The van der Waals surface area contributed by atoms with Gasteiger partial charge in [0.05, 0.1) is 28.9 Å². The summed E-state index contributed by atoms with van der Waals surface area (Å²) < 4.78 is 11.9. The fourth-order valence-electron chi connectivity index (χ4n) is 1.80. The van der Waals surface area contributed by atoms with Crippen LogP contribution in [0.15, 0.2) is 18.2 Å². The van der Waals surface area contributed by atoms with E-state index in [1.54, 1.807) is 0 Å². The van der Waals surface area contributed by atoms with Crippen LogP contribution in [-0.4, -0.2) is 23.3 Å². The number of pyridine rings is 1.